The highest BCUT2D eigenvalue weighted by Crippen LogP contribution is 2.34. The molecule has 0 saturated carbocycles. The van der Waals surface area contributed by atoms with E-state index in [9.17, 15) is 4.79 Å². The Balaban J connectivity index is 1.89. The van der Waals surface area contributed by atoms with Crippen molar-refractivity contribution in [3.63, 3.8) is 0 Å². The van der Waals surface area contributed by atoms with Crippen molar-refractivity contribution in [3.05, 3.63) is 53.9 Å². The summed E-state index contributed by atoms with van der Waals surface area (Å²) in [6, 6.07) is 10.3. The first-order valence-electron chi connectivity index (χ1n) is 6.07. The van der Waals surface area contributed by atoms with Gasteiger partial charge in [-0.2, -0.15) is 0 Å². The van der Waals surface area contributed by atoms with Crippen LogP contribution in [-0.2, 0) is 11.2 Å². The lowest BCUT2D eigenvalue weighted by molar-refractivity contribution is -0.119. The largest absolute Gasteiger partial charge is 0.369 e. The van der Waals surface area contributed by atoms with Crippen LogP contribution in [0.3, 0.4) is 0 Å². The first-order valence-corrected chi connectivity index (χ1v) is 6.07. The van der Waals surface area contributed by atoms with E-state index in [1.165, 1.54) is 0 Å². The Hall–Kier alpha value is -2.43. The summed E-state index contributed by atoms with van der Waals surface area (Å²) in [6.45, 7) is 0. The van der Waals surface area contributed by atoms with Gasteiger partial charge in [0.1, 0.15) is 0 Å². The number of hydrogen-bond acceptors (Lipinski definition) is 4. The fraction of sp³-hybridized carbons (Fsp3) is 0.214. The molecule has 2 aromatic rings. The highest BCUT2D eigenvalue weighted by atomic mass is 16.1. The van der Waals surface area contributed by atoms with E-state index in [0.29, 0.717) is 5.95 Å². The van der Waals surface area contributed by atoms with E-state index in [4.69, 9.17) is 5.73 Å². The molecule has 1 aromatic carbocycles. The van der Waals surface area contributed by atoms with Crippen LogP contribution in [0.2, 0.25) is 0 Å². The molecule has 1 aliphatic rings. The number of benzene rings is 1. The van der Waals surface area contributed by atoms with Crippen LogP contribution in [0.5, 0.6) is 0 Å². The van der Waals surface area contributed by atoms with Crippen LogP contribution in [-0.4, -0.2) is 21.9 Å². The fourth-order valence-corrected chi connectivity index (χ4v) is 2.55. The van der Waals surface area contributed by atoms with Gasteiger partial charge in [-0.05, 0) is 29.7 Å². The number of rotatable bonds is 3. The summed E-state index contributed by atoms with van der Waals surface area (Å²) in [4.78, 5) is 19.9. The average molecular weight is 253 g/mol. The molecule has 0 spiro atoms. The lowest BCUT2D eigenvalue weighted by Gasteiger charge is -2.18. The molecule has 19 heavy (non-hydrogen) atoms. The summed E-state index contributed by atoms with van der Waals surface area (Å²) in [5.41, 5.74) is 7.60. The van der Waals surface area contributed by atoms with Crippen molar-refractivity contribution >= 4 is 11.9 Å². The normalized spacial score (nSPS) is 20.8. The van der Waals surface area contributed by atoms with Gasteiger partial charge in [-0.25, -0.2) is 9.97 Å². The van der Waals surface area contributed by atoms with Gasteiger partial charge in [-0.15, -0.1) is 0 Å². The molecule has 5 heteroatoms. The predicted molar refractivity (Wildman–Crippen MR) is 70.4 cm³/mol. The van der Waals surface area contributed by atoms with Crippen molar-refractivity contribution in [2.75, 3.05) is 5.32 Å². The van der Waals surface area contributed by atoms with Gasteiger partial charge in [0.15, 0.2) is 0 Å². The van der Waals surface area contributed by atoms with Gasteiger partial charge >= 0.3 is 0 Å². The van der Waals surface area contributed by atoms with Crippen LogP contribution in [0.25, 0.3) is 0 Å². The molecular formula is C14H13N4O. The number of carbonyl (C=O) groups excluding carboxylic acids is 1. The Labute approximate surface area is 110 Å². The van der Waals surface area contributed by atoms with Crippen molar-refractivity contribution in [1.82, 2.24) is 9.97 Å². The molecule has 5 nitrogen and oxygen atoms in total. The summed E-state index contributed by atoms with van der Waals surface area (Å²) in [7, 11) is 0. The summed E-state index contributed by atoms with van der Waals surface area (Å²) in [5.74, 6) is -0.178. The molecule has 0 bridgehead atoms. The van der Waals surface area contributed by atoms with Gasteiger partial charge in [0, 0.05) is 18.4 Å². The molecule has 3 N–H and O–H groups in total. The van der Waals surface area contributed by atoms with Crippen LogP contribution < -0.4 is 11.1 Å². The summed E-state index contributed by atoms with van der Waals surface area (Å²) in [6.07, 6.45) is 4.04. The van der Waals surface area contributed by atoms with Gasteiger partial charge in [0.25, 0.3) is 0 Å². The first kappa shape index (κ1) is 11.6. The molecule has 0 fully saturated rings. The van der Waals surface area contributed by atoms with Crippen molar-refractivity contribution in [1.29, 1.82) is 0 Å². The smallest absolute Gasteiger partial charge is 0.227 e. The van der Waals surface area contributed by atoms with E-state index in [-0.39, 0.29) is 17.9 Å². The number of carbonyl (C=O) groups is 1. The number of nitrogens with one attached hydrogen (secondary N) is 1. The molecule has 3 rings (SSSR count). The molecule has 0 saturated heterocycles. The van der Waals surface area contributed by atoms with E-state index in [0.717, 1.165) is 17.5 Å². The van der Waals surface area contributed by atoms with E-state index < -0.39 is 0 Å². The maximum Gasteiger partial charge on any atom is 0.227 e. The lowest BCUT2D eigenvalue weighted by Crippen LogP contribution is -2.34. The highest BCUT2D eigenvalue weighted by molar-refractivity contribution is 5.85. The maximum absolute atomic E-state index is 11.7. The third-order valence-corrected chi connectivity index (χ3v) is 3.35. The van der Waals surface area contributed by atoms with E-state index in [1.54, 1.807) is 24.5 Å². The Bertz CT molecular complexity index is 599. The minimum absolute atomic E-state index is 0.106. The number of fused-ring (bicyclic) bond motifs is 1. The minimum Gasteiger partial charge on any atom is -0.369 e. The van der Waals surface area contributed by atoms with Crippen molar-refractivity contribution in [3.8, 4) is 0 Å². The summed E-state index contributed by atoms with van der Waals surface area (Å²) < 4.78 is 0. The quantitative estimate of drug-likeness (QED) is 0.851. The summed E-state index contributed by atoms with van der Waals surface area (Å²) >= 11 is 0. The number of primary amides is 1. The number of hydrogen-bond donors (Lipinski definition) is 2. The standard InChI is InChI=1S/C14H13N4O/c15-13(19)12-10-5-2-1-4-9(10)8-11(12)18-14-16-6-3-7-17-14/h2-7,11-12H,8H2,(H2,15,19)(H,16,17,18). The van der Waals surface area contributed by atoms with Gasteiger partial charge < -0.3 is 11.1 Å². The number of nitrogens with zero attached hydrogens (tertiary/aromatic N) is 2. The second-order valence-corrected chi connectivity index (χ2v) is 4.53. The van der Waals surface area contributed by atoms with Crippen LogP contribution >= 0.6 is 0 Å². The molecule has 1 amide bonds. The molecule has 2 atom stereocenters. The first-order chi connectivity index (χ1) is 9.25. The zero-order valence-corrected chi connectivity index (χ0v) is 10.2. The molecular weight excluding hydrogens is 240 g/mol. The second kappa shape index (κ2) is 4.68. The zero-order valence-electron chi connectivity index (χ0n) is 10.2. The monoisotopic (exact) mass is 253 g/mol. The third kappa shape index (κ3) is 2.14. The van der Waals surface area contributed by atoms with Gasteiger partial charge in [-0.1, -0.05) is 18.2 Å². The topological polar surface area (TPSA) is 80.9 Å². The van der Waals surface area contributed by atoms with Crippen molar-refractivity contribution in [2.45, 2.75) is 18.4 Å². The minimum atomic E-state index is -0.353. The molecule has 1 heterocycles. The Morgan fingerprint density at radius 1 is 1.42 bits per heavy atom. The second-order valence-electron chi connectivity index (χ2n) is 4.53. The number of amides is 1. The van der Waals surface area contributed by atoms with E-state index in [2.05, 4.69) is 21.4 Å². The van der Waals surface area contributed by atoms with Crippen LogP contribution in [0.15, 0.2) is 36.7 Å². The molecule has 1 aromatic heterocycles. The predicted octanol–water partition coefficient (Wildman–Crippen LogP) is 0.882. The molecule has 1 aliphatic carbocycles. The van der Waals surface area contributed by atoms with Gasteiger partial charge in [-0.3, -0.25) is 4.79 Å². The lowest BCUT2D eigenvalue weighted by atomic mass is 9.98. The van der Waals surface area contributed by atoms with Gasteiger partial charge in [0.2, 0.25) is 11.9 Å². The van der Waals surface area contributed by atoms with E-state index >= 15 is 0 Å². The Kier molecular flexibility index (Phi) is 2.87. The fourth-order valence-electron chi connectivity index (χ4n) is 2.55. The number of aromatic nitrogens is 2. The molecule has 1 radical (unpaired) electrons. The molecule has 2 unspecified atom stereocenters. The van der Waals surface area contributed by atoms with E-state index in [1.807, 2.05) is 12.1 Å². The van der Waals surface area contributed by atoms with Crippen molar-refractivity contribution < 1.29 is 4.79 Å². The van der Waals surface area contributed by atoms with Crippen LogP contribution in [0.4, 0.5) is 5.95 Å². The van der Waals surface area contributed by atoms with Crippen molar-refractivity contribution in [2.24, 2.45) is 5.73 Å². The summed E-state index contributed by atoms with van der Waals surface area (Å²) in [5, 5.41) is 3.18. The number of anilines is 1. The number of nitrogens with two attached hydrogens (primary N) is 1. The maximum atomic E-state index is 11.7. The van der Waals surface area contributed by atoms with Crippen LogP contribution in [0, 0.1) is 6.07 Å². The van der Waals surface area contributed by atoms with Crippen LogP contribution in [0.1, 0.15) is 17.0 Å². The van der Waals surface area contributed by atoms with Gasteiger partial charge in [0.05, 0.1) is 5.92 Å². The zero-order chi connectivity index (χ0) is 13.2. The average Bonchev–Trinajstić information content (AvgIpc) is 2.77. The Morgan fingerprint density at radius 2 is 2.21 bits per heavy atom. The molecule has 0 aliphatic heterocycles. The third-order valence-electron chi connectivity index (χ3n) is 3.35. The Morgan fingerprint density at radius 3 is 2.95 bits per heavy atom. The molecule has 95 valence electrons. The SMILES string of the molecule is NC(=O)C1c2cc[c]cc2CC1Nc1ncccn1. The highest BCUT2D eigenvalue weighted by Gasteiger charge is 2.36.